The molecule has 0 spiro atoms. The Morgan fingerprint density at radius 2 is 1.95 bits per heavy atom. The Morgan fingerprint density at radius 1 is 1.21 bits per heavy atom. The van der Waals surface area contributed by atoms with Crippen LogP contribution < -0.4 is 5.32 Å². The summed E-state index contributed by atoms with van der Waals surface area (Å²) in [5.74, 6) is 0.444. The molecule has 0 saturated carbocycles. The number of hydrogen-bond acceptors (Lipinski definition) is 3. The van der Waals surface area contributed by atoms with Crippen molar-refractivity contribution >= 4 is 16.5 Å². The second-order valence-corrected chi connectivity index (χ2v) is 4.76. The molecular weight excluding hydrogens is 236 g/mol. The molecule has 0 heterocycles. The minimum Gasteiger partial charge on any atom is -0.384 e. The van der Waals surface area contributed by atoms with Gasteiger partial charge in [-0.05, 0) is 18.1 Å². The molecule has 1 N–H and O–H groups in total. The zero-order valence-electron chi connectivity index (χ0n) is 11.3. The average Bonchev–Trinajstić information content (AvgIpc) is 2.45. The summed E-state index contributed by atoms with van der Waals surface area (Å²) in [5.41, 5.74) is 1.78. The Hall–Kier alpha value is -2.05. The van der Waals surface area contributed by atoms with E-state index in [1.807, 2.05) is 36.4 Å². The van der Waals surface area contributed by atoms with E-state index in [-0.39, 0.29) is 0 Å². The van der Waals surface area contributed by atoms with Gasteiger partial charge in [-0.2, -0.15) is 5.26 Å². The predicted octanol–water partition coefficient (Wildman–Crippen LogP) is 3.41. The highest BCUT2D eigenvalue weighted by atomic mass is 16.5. The normalized spacial score (nSPS) is 12.1. The highest BCUT2D eigenvalue weighted by molar-refractivity contribution is 5.97. The number of anilines is 1. The van der Waals surface area contributed by atoms with E-state index in [0.29, 0.717) is 11.5 Å². The maximum atomic E-state index is 9.13. The van der Waals surface area contributed by atoms with Crippen molar-refractivity contribution in [3.05, 3.63) is 42.0 Å². The van der Waals surface area contributed by atoms with E-state index in [9.17, 15) is 0 Å². The third-order valence-corrected chi connectivity index (χ3v) is 3.14. The molecular formula is C16H18N2O. The first-order chi connectivity index (χ1) is 9.26. The van der Waals surface area contributed by atoms with Gasteiger partial charge in [0.05, 0.1) is 18.2 Å². The van der Waals surface area contributed by atoms with Gasteiger partial charge < -0.3 is 10.1 Å². The third-order valence-electron chi connectivity index (χ3n) is 3.14. The Labute approximate surface area is 113 Å². The first kappa shape index (κ1) is 13.4. The monoisotopic (exact) mass is 254 g/mol. The molecule has 98 valence electrons. The van der Waals surface area contributed by atoms with E-state index in [1.54, 1.807) is 7.11 Å². The quantitative estimate of drug-likeness (QED) is 0.889. The van der Waals surface area contributed by atoms with Gasteiger partial charge in [0.2, 0.25) is 0 Å². The zero-order chi connectivity index (χ0) is 13.7. The van der Waals surface area contributed by atoms with Crippen molar-refractivity contribution in [3.8, 4) is 6.07 Å². The van der Waals surface area contributed by atoms with E-state index >= 15 is 0 Å². The summed E-state index contributed by atoms with van der Waals surface area (Å²) in [6.07, 6.45) is 0. The third kappa shape index (κ3) is 3.04. The van der Waals surface area contributed by atoms with Gasteiger partial charge in [-0.15, -0.1) is 0 Å². The number of methoxy groups -OCH3 is 1. The van der Waals surface area contributed by atoms with Crippen LogP contribution in [0.25, 0.3) is 10.8 Å². The van der Waals surface area contributed by atoms with Gasteiger partial charge in [-0.3, -0.25) is 0 Å². The molecule has 1 atom stereocenters. The molecule has 2 aromatic rings. The predicted molar refractivity (Wildman–Crippen MR) is 78.2 cm³/mol. The number of hydrogen-bond donors (Lipinski definition) is 1. The van der Waals surface area contributed by atoms with Gasteiger partial charge in [0.1, 0.15) is 0 Å². The number of nitrogens with one attached hydrogen (secondary N) is 1. The first-order valence-electron chi connectivity index (χ1n) is 6.41. The standard InChI is InChI=1S/C16H18N2O/c1-12(11-19-2)10-18-16-8-7-13(9-17)14-5-3-4-6-15(14)16/h3-8,12,18H,10-11H2,1-2H3. The molecule has 19 heavy (non-hydrogen) atoms. The van der Waals surface area contributed by atoms with Crippen LogP contribution in [-0.2, 0) is 4.74 Å². The summed E-state index contributed by atoms with van der Waals surface area (Å²) in [5, 5.41) is 14.6. The molecule has 2 rings (SSSR count). The van der Waals surface area contributed by atoms with Crippen LogP contribution in [0.1, 0.15) is 12.5 Å². The van der Waals surface area contributed by atoms with Gasteiger partial charge in [0.15, 0.2) is 0 Å². The number of ether oxygens (including phenoxy) is 1. The fourth-order valence-electron chi connectivity index (χ4n) is 2.18. The summed E-state index contributed by atoms with van der Waals surface area (Å²) in [7, 11) is 1.72. The molecule has 3 nitrogen and oxygen atoms in total. The molecule has 0 aliphatic heterocycles. The van der Waals surface area contributed by atoms with Crippen molar-refractivity contribution in [1.82, 2.24) is 0 Å². The lowest BCUT2D eigenvalue weighted by atomic mass is 10.0. The topological polar surface area (TPSA) is 45.0 Å². The van der Waals surface area contributed by atoms with Crippen molar-refractivity contribution in [3.63, 3.8) is 0 Å². The van der Waals surface area contributed by atoms with Gasteiger partial charge in [0, 0.05) is 30.1 Å². The molecule has 0 amide bonds. The summed E-state index contributed by atoms with van der Waals surface area (Å²) < 4.78 is 5.13. The van der Waals surface area contributed by atoms with Crippen LogP contribution >= 0.6 is 0 Å². The molecule has 0 aromatic heterocycles. The molecule has 0 saturated heterocycles. The first-order valence-corrected chi connectivity index (χ1v) is 6.41. The summed E-state index contributed by atoms with van der Waals surface area (Å²) in [6, 6.07) is 14.1. The van der Waals surface area contributed by atoms with E-state index in [4.69, 9.17) is 10.00 Å². The Bertz CT molecular complexity index is 601. The fourth-order valence-corrected chi connectivity index (χ4v) is 2.18. The van der Waals surface area contributed by atoms with E-state index in [1.165, 1.54) is 0 Å². The minimum atomic E-state index is 0.444. The molecule has 1 unspecified atom stereocenters. The molecule has 0 fully saturated rings. The van der Waals surface area contributed by atoms with Crippen LogP contribution in [0, 0.1) is 17.2 Å². The van der Waals surface area contributed by atoms with Crippen LogP contribution in [0.3, 0.4) is 0 Å². The van der Waals surface area contributed by atoms with E-state index in [2.05, 4.69) is 18.3 Å². The fraction of sp³-hybridized carbons (Fsp3) is 0.312. The number of benzene rings is 2. The second-order valence-electron chi connectivity index (χ2n) is 4.76. The van der Waals surface area contributed by atoms with Crippen LogP contribution in [-0.4, -0.2) is 20.3 Å². The lowest BCUT2D eigenvalue weighted by Gasteiger charge is -2.14. The summed E-state index contributed by atoms with van der Waals surface area (Å²) >= 11 is 0. The minimum absolute atomic E-state index is 0.444. The Balaban J connectivity index is 2.27. The Morgan fingerprint density at radius 3 is 2.63 bits per heavy atom. The van der Waals surface area contributed by atoms with Crippen LogP contribution in [0.5, 0.6) is 0 Å². The van der Waals surface area contributed by atoms with Gasteiger partial charge in [-0.1, -0.05) is 31.2 Å². The number of fused-ring (bicyclic) bond motifs is 1. The van der Waals surface area contributed by atoms with Crippen LogP contribution in [0.15, 0.2) is 36.4 Å². The van der Waals surface area contributed by atoms with Gasteiger partial charge >= 0.3 is 0 Å². The number of nitrogens with zero attached hydrogens (tertiary/aromatic N) is 1. The zero-order valence-corrected chi connectivity index (χ0v) is 11.3. The lowest BCUT2D eigenvalue weighted by molar-refractivity contribution is 0.164. The lowest BCUT2D eigenvalue weighted by Crippen LogP contribution is -2.15. The maximum absolute atomic E-state index is 9.13. The highest BCUT2D eigenvalue weighted by Crippen LogP contribution is 2.26. The molecule has 0 aliphatic carbocycles. The van der Waals surface area contributed by atoms with Crippen molar-refractivity contribution < 1.29 is 4.74 Å². The van der Waals surface area contributed by atoms with Gasteiger partial charge in [0.25, 0.3) is 0 Å². The smallest absolute Gasteiger partial charge is 0.0998 e. The van der Waals surface area contributed by atoms with Crippen LogP contribution in [0.2, 0.25) is 0 Å². The summed E-state index contributed by atoms with van der Waals surface area (Å²) in [4.78, 5) is 0. The second kappa shape index (κ2) is 6.21. The molecule has 0 bridgehead atoms. The highest BCUT2D eigenvalue weighted by Gasteiger charge is 2.06. The molecule has 2 aromatic carbocycles. The van der Waals surface area contributed by atoms with Crippen molar-refractivity contribution in [2.24, 2.45) is 5.92 Å². The molecule has 0 aliphatic rings. The Kier molecular flexibility index (Phi) is 4.38. The van der Waals surface area contributed by atoms with Gasteiger partial charge in [-0.25, -0.2) is 0 Å². The van der Waals surface area contributed by atoms with Crippen molar-refractivity contribution in [1.29, 1.82) is 5.26 Å². The molecule has 3 heteroatoms. The summed E-state index contributed by atoms with van der Waals surface area (Å²) in [6.45, 7) is 3.73. The van der Waals surface area contributed by atoms with Crippen molar-refractivity contribution in [2.75, 3.05) is 25.6 Å². The largest absolute Gasteiger partial charge is 0.384 e. The van der Waals surface area contributed by atoms with E-state index < -0.39 is 0 Å². The van der Waals surface area contributed by atoms with E-state index in [0.717, 1.165) is 29.6 Å². The van der Waals surface area contributed by atoms with Crippen molar-refractivity contribution in [2.45, 2.75) is 6.92 Å². The molecule has 0 radical (unpaired) electrons. The number of nitriles is 1. The average molecular weight is 254 g/mol. The maximum Gasteiger partial charge on any atom is 0.0998 e. The SMILES string of the molecule is COCC(C)CNc1ccc(C#N)c2ccccc12. The number of rotatable bonds is 5. The van der Waals surface area contributed by atoms with Crippen LogP contribution in [0.4, 0.5) is 5.69 Å².